The summed E-state index contributed by atoms with van der Waals surface area (Å²) in [5.74, 6) is -1.54. The van der Waals surface area contributed by atoms with E-state index in [1.54, 1.807) is 21.3 Å². The highest BCUT2D eigenvalue weighted by Gasteiger charge is 2.38. The van der Waals surface area contributed by atoms with Gasteiger partial charge in [0.2, 0.25) is 11.8 Å². The van der Waals surface area contributed by atoms with Gasteiger partial charge in [-0.2, -0.15) is 18.2 Å². The number of pyridine rings is 1. The number of ether oxygens (including phenoxy) is 3. The number of methoxy groups -OCH3 is 3. The maximum Gasteiger partial charge on any atom is 0.490 e. The van der Waals surface area contributed by atoms with E-state index < -0.39 is 12.1 Å². The van der Waals surface area contributed by atoms with Crippen LogP contribution in [0.1, 0.15) is 18.4 Å². The number of piperidine rings is 1. The third kappa shape index (κ3) is 7.04. The number of aliphatic carboxylic acids is 1. The molecule has 7 nitrogen and oxygen atoms in total. The second-order valence-electron chi connectivity index (χ2n) is 5.56. The first-order valence-electron chi connectivity index (χ1n) is 7.84. The third-order valence-electron chi connectivity index (χ3n) is 3.75. The molecule has 1 aromatic rings. The van der Waals surface area contributed by atoms with Crippen LogP contribution in [0.2, 0.25) is 0 Å². The molecule has 0 amide bonds. The van der Waals surface area contributed by atoms with Gasteiger partial charge in [-0.1, -0.05) is 0 Å². The van der Waals surface area contributed by atoms with Gasteiger partial charge in [-0.3, -0.25) is 4.90 Å². The molecule has 10 heteroatoms. The van der Waals surface area contributed by atoms with Crippen molar-refractivity contribution in [2.45, 2.75) is 31.7 Å². The summed E-state index contributed by atoms with van der Waals surface area (Å²) >= 11 is 0. The lowest BCUT2D eigenvalue weighted by atomic mass is 10.1. The van der Waals surface area contributed by atoms with Gasteiger partial charge in [0.25, 0.3) is 0 Å². The highest BCUT2D eigenvalue weighted by Crippen LogP contribution is 2.23. The summed E-state index contributed by atoms with van der Waals surface area (Å²) in [7, 11) is 5.03. The first-order chi connectivity index (χ1) is 12.2. The summed E-state index contributed by atoms with van der Waals surface area (Å²) in [5.41, 5.74) is 1.08. The largest absolute Gasteiger partial charge is 0.490 e. The zero-order valence-electron chi connectivity index (χ0n) is 14.9. The maximum atomic E-state index is 10.6. The number of carboxylic acids is 1. The number of aromatic nitrogens is 1. The van der Waals surface area contributed by atoms with Crippen LogP contribution in [0.5, 0.6) is 11.8 Å². The lowest BCUT2D eigenvalue weighted by Crippen LogP contribution is -2.38. The summed E-state index contributed by atoms with van der Waals surface area (Å²) in [6.07, 6.45) is -2.43. The Labute approximate surface area is 149 Å². The second kappa shape index (κ2) is 10.2. The molecule has 1 aromatic heterocycles. The number of nitrogens with zero attached hydrogens (tertiary/aromatic N) is 2. The Hall–Kier alpha value is -2.07. The maximum absolute atomic E-state index is 10.6. The van der Waals surface area contributed by atoms with Crippen LogP contribution in [0, 0.1) is 0 Å². The van der Waals surface area contributed by atoms with Crippen molar-refractivity contribution in [3.8, 4) is 11.8 Å². The SMILES string of the molecule is COc1ccc(CN2CCCC(OC)C2)c(OC)n1.O=C(O)C(F)(F)F. The molecule has 1 saturated heterocycles. The minimum Gasteiger partial charge on any atom is -0.481 e. The molecule has 1 fully saturated rings. The lowest BCUT2D eigenvalue weighted by molar-refractivity contribution is -0.192. The molecule has 0 bridgehead atoms. The first-order valence-corrected chi connectivity index (χ1v) is 7.84. The molecule has 2 rings (SSSR count). The quantitative estimate of drug-likeness (QED) is 0.840. The fourth-order valence-corrected chi connectivity index (χ4v) is 2.45. The van der Waals surface area contributed by atoms with Crippen molar-refractivity contribution in [3.05, 3.63) is 17.7 Å². The molecule has 1 aliphatic heterocycles. The number of carboxylic acid groups (broad SMARTS) is 1. The Morgan fingerprint density at radius 2 is 1.96 bits per heavy atom. The summed E-state index contributed by atoms with van der Waals surface area (Å²) in [5, 5.41) is 7.12. The number of carbonyl (C=O) groups is 1. The number of hydrogen-bond donors (Lipinski definition) is 1. The Kier molecular flexibility index (Phi) is 8.59. The topological polar surface area (TPSA) is 81.1 Å². The zero-order valence-corrected chi connectivity index (χ0v) is 14.9. The minimum absolute atomic E-state index is 0.339. The summed E-state index contributed by atoms with van der Waals surface area (Å²) in [6.45, 7) is 2.89. The van der Waals surface area contributed by atoms with Crippen LogP contribution in [0.25, 0.3) is 0 Å². The summed E-state index contributed by atoms with van der Waals surface area (Å²) < 4.78 is 47.6. The molecule has 1 atom stereocenters. The Bertz CT molecular complexity index is 583. The van der Waals surface area contributed by atoms with E-state index in [2.05, 4.69) is 9.88 Å². The van der Waals surface area contributed by atoms with E-state index >= 15 is 0 Å². The van der Waals surface area contributed by atoms with Crippen LogP contribution in [-0.2, 0) is 16.1 Å². The fraction of sp³-hybridized carbons (Fsp3) is 0.625. The van der Waals surface area contributed by atoms with E-state index in [1.165, 1.54) is 6.42 Å². The van der Waals surface area contributed by atoms with Crippen molar-refractivity contribution >= 4 is 5.97 Å². The van der Waals surface area contributed by atoms with E-state index in [0.717, 1.165) is 31.6 Å². The molecule has 0 aliphatic carbocycles. The standard InChI is InChI=1S/C14H22N2O3.C2HF3O2/c1-17-12-5-4-8-16(10-12)9-11-6-7-13(18-2)15-14(11)19-3;3-2(4,5)1(6)7/h6-7,12H,4-5,8-10H2,1-3H3;(H,6,7). The van der Waals surface area contributed by atoms with Crippen LogP contribution in [-0.4, -0.2) is 67.7 Å². The number of alkyl halides is 3. The fourth-order valence-electron chi connectivity index (χ4n) is 2.45. The number of hydrogen-bond acceptors (Lipinski definition) is 6. The smallest absolute Gasteiger partial charge is 0.481 e. The van der Waals surface area contributed by atoms with Gasteiger partial charge in [0.05, 0.1) is 20.3 Å². The summed E-state index contributed by atoms with van der Waals surface area (Å²) in [4.78, 5) is 15.6. The zero-order chi connectivity index (χ0) is 19.7. The number of likely N-dealkylation sites (tertiary alicyclic amines) is 1. The van der Waals surface area contributed by atoms with Gasteiger partial charge in [0.1, 0.15) is 0 Å². The van der Waals surface area contributed by atoms with Gasteiger partial charge in [0, 0.05) is 31.8 Å². The van der Waals surface area contributed by atoms with Gasteiger partial charge >= 0.3 is 12.1 Å². The van der Waals surface area contributed by atoms with E-state index in [9.17, 15) is 13.2 Å². The monoisotopic (exact) mass is 380 g/mol. The van der Waals surface area contributed by atoms with E-state index in [0.29, 0.717) is 17.9 Å². The first kappa shape index (κ1) is 22.0. The van der Waals surface area contributed by atoms with E-state index in [-0.39, 0.29) is 0 Å². The number of halogens is 3. The van der Waals surface area contributed by atoms with Crippen molar-refractivity contribution in [2.75, 3.05) is 34.4 Å². The Morgan fingerprint density at radius 1 is 1.31 bits per heavy atom. The molecular formula is C16H23F3N2O5. The highest BCUT2D eigenvalue weighted by atomic mass is 19.4. The summed E-state index contributed by atoms with van der Waals surface area (Å²) in [6, 6.07) is 3.89. The van der Waals surface area contributed by atoms with Crippen molar-refractivity contribution in [1.82, 2.24) is 9.88 Å². The van der Waals surface area contributed by atoms with Crippen LogP contribution < -0.4 is 9.47 Å². The Morgan fingerprint density at radius 3 is 2.46 bits per heavy atom. The predicted octanol–water partition coefficient (Wildman–Crippen LogP) is 2.34. The van der Waals surface area contributed by atoms with Crippen molar-refractivity contribution < 1.29 is 37.3 Å². The molecule has 0 saturated carbocycles. The van der Waals surface area contributed by atoms with Gasteiger partial charge in [-0.05, 0) is 25.5 Å². The van der Waals surface area contributed by atoms with Gasteiger partial charge in [-0.25, -0.2) is 4.79 Å². The minimum atomic E-state index is -5.08. The average molecular weight is 380 g/mol. The average Bonchev–Trinajstić information content (AvgIpc) is 2.62. The van der Waals surface area contributed by atoms with Crippen molar-refractivity contribution in [1.29, 1.82) is 0 Å². The van der Waals surface area contributed by atoms with E-state index in [4.69, 9.17) is 24.1 Å². The van der Waals surface area contributed by atoms with Gasteiger partial charge in [-0.15, -0.1) is 0 Å². The number of rotatable bonds is 5. The van der Waals surface area contributed by atoms with Crippen LogP contribution >= 0.6 is 0 Å². The molecule has 148 valence electrons. The normalized spacial score (nSPS) is 17.8. The van der Waals surface area contributed by atoms with Gasteiger partial charge in [0.15, 0.2) is 0 Å². The molecule has 0 aromatic carbocycles. The van der Waals surface area contributed by atoms with Crippen LogP contribution in [0.3, 0.4) is 0 Å². The van der Waals surface area contributed by atoms with Crippen molar-refractivity contribution in [2.24, 2.45) is 0 Å². The molecule has 0 radical (unpaired) electrons. The van der Waals surface area contributed by atoms with Crippen LogP contribution in [0.4, 0.5) is 13.2 Å². The van der Waals surface area contributed by atoms with Gasteiger partial charge < -0.3 is 19.3 Å². The van der Waals surface area contributed by atoms with E-state index in [1.807, 2.05) is 12.1 Å². The molecule has 1 aliphatic rings. The molecule has 26 heavy (non-hydrogen) atoms. The molecule has 1 N–H and O–H groups in total. The molecule has 1 unspecified atom stereocenters. The van der Waals surface area contributed by atoms with Crippen molar-refractivity contribution in [3.63, 3.8) is 0 Å². The second-order valence-corrected chi connectivity index (χ2v) is 5.56. The van der Waals surface area contributed by atoms with Crippen LogP contribution in [0.15, 0.2) is 12.1 Å². The Balaban J connectivity index is 0.000000412. The molecule has 0 spiro atoms. The predicted molar refractivity (Wildman–Crippen MR) is 86.3 cm³/mol. The molecular weight excluding hydrogens is 357 g/mol. The highest BCUT2D eigenvalue weighted by molar-refractivity contribution is 5.73. The molecule has 2 heterocycles. The lowest BCUT2D eigenvalue weighted by Gasteiger charge is -2.32. The third-order valence-corrected chi connectivity index (χ3v) is 3.75.